The molecule has 1 aliphatic carbocycles. The molecule has 2 aliphatic heterocycles. The van der Waals surface area contributed by atoms with E-state index in [4.69, 9.17) is 9.47 Å². The molecule has 9 nitrogen and oxygen atoms in total. The van der Waals surface area contributed by atoms with Crippen LogP contribution in [0.15, 0.2) is 0 Å². The van der Waals surface area contributed by atoms with Gasteiger partial charge in [-0.15, -0.1) is 0 Å². The van der Waals surface area contributed by atoms with Crippen molar-refractivity contribution in [2.75, 3.05) is 13.2 Å². The van der Waals surface area contributed by atoms with E-state index in [1.165, 1.54) is 0 Å². The largest absolute Gasteiger partial charge is 0.446 e. The minimum absolute atomic E-state index is 0.0877. The number of carbonyl (C=O) groups excluding carboxylic acids is 3. The Morgan fingerprint density at radius 3 is 2.52 bits per heavy atom. The summed E-state index contributed by atoms with van der Waals surface area (Å²) in [5.41, 5.74) is 0. The van der Waals surface area contributed by atoms with Gasteiger partial charge in [0, 0.05) is 12.8 Å². The van der Waals surface area contributed by atoms with Crippen LogP contribution < -0.4 is 10.6 Å². The van der Waals surface area contributed by atoms with Crippen molar-refractivity contribution in [3.05, 3.63) is 0 Å². The van der Waals surface area contributed by atoms with Crippen LogP contribution >= 0.6 is 0 Å². The molecule has 0 aromatic heterocycles. The van der Waals surface area contributed by atoms with E-state index in [2.05, 4.69) is 15.4 Å². The Morgan fingerprint density at radius 1 is 1.19 bits per heavy atom. The topological polar surface area (TPSA) is 123 Å². The van der Waals surface area contributed by atoms with Crippen molar-refractivity contribution in [3.63, 3.8) is 0 Å². The zero-order valence-electron chi connectivity index (χ0n) is 15.4. The number of amides is 2. The number of cyclic esters (lactones) is 1. The van der Waals surface area contributed by atoms with Crippen LogP contribution in [0.1, 0.15) is 51.4 Å². The molecule has 3 rings (SSSR count). The molecule has 3 fully saturated rings. The second-order valence-corrected chi connectivity index (χ2v) is 7.50. The average Bonchev–Trinajstić information content (AvgIpc) is 3.24. The van der Waals surface area contributed by atoms with Gasteiger partial charge >= 0.3 is 12.1 Å². The smallest absolute Gasteiger partial charge is 0.408 e. The summed E-state index contributed by atoms with van der Waals surface area (Å²) in [5, 5.41) is 15.0. The molecule has 3 aliphatic rings. The van der Waals surface area contributed by atoms with Crippen molar-refractivity contribution in [2.45, 2.75) is 75.8 Å². The van der Waals surface area contributed by atoms with Gasteiger partial charge in [0.05, 0.1) is 19.6 Å². The van der Waals surface area contributed by atoms with Gasteiger partial charge in [0.25, 0.3) is 0 Å². The van der Waals surface area contributed by atoms with Crippen molar-refractivity contribution in [3.8, 4) is 0 Å². The highest BCUT2D eigenvalue weighted by Crippen LogP contribution is 2.29. The predicted octanol–water partition coefficient (Wildman–Crippen LogP) is 0.591. The Morgan fingerprint density at radius 2 is 1.89 bits per heavy atom. The van der Waals surface area contributed by atoms with E-state index in [1.54, 1.807) is 0 Å². The van der Waals surface area contributed by atoms with E-state index in [-0.39, 0.29) is 12.5 Å². The highest BCUT2D eigenvalue weighted by Gasteiger charge is 2.37. The van der Waals surface area contributed by atoms with Gasteiger partial charge in [-0.05, 0) is 12.3 Å². The minimum atomic E-state index is -1.36. The quantitative estimate of drug-likeness (QED) is 0.573. The van der Waals surface area contributed by atoms with Crippen LogP contribution in [-0.2, 0) is 23.8 Å². The van der Waals surface area contributed by atoms with Crippen molar-refractivity contribution in [2.24, 2.45) is 5.92 Å². The molecule has 3 atom stereocenters. The van der Waals surface area contributed by atoms with Gasteiger partial charge in [0.15, 0.2) is 0 Å². The third-order valence-electron chi connectivity index (χ3n) is 5.41. The van der Waals surface area contributed by atoms with Gasteiger partial charge in [-0.1, -0.05) is 25.7 Å². The van der Waals surface area contributed by atoms with E-state index in [0.717, 1.165) is 25.7 Å². The monoisotopic (exact) mass is 384 g/mol. The molecule has 0 radical (unpaired) electrons. The summed E-state index contributed by atoms with van der Waals surface area (Å²) in [6.45, 7) is 1.11. The molecule has 1 saturated carbocycles. The lowest BCUT2D eigenvalue weighted by Gasteiger charge is -2.26. The van der Waals surface area contributed by atoms with Crippen LogP contribution in [0, 0.1) is 5.92 Å². The van der Waals surface area contributed by atoms with Crippen molar-refractivity contribution in [1.82, 2.24) is 10.6 Å². The molecule has 1 unspecified atom stereocenters. The van der Waals surface area contributed by atoms with Crippen molar-refractivity contribution < 1.29 is 33.7 Å². The van der Waals surface area contributed by atoms with E-state index in [9.17, 15) is 19.5 Å². The fourth-order valence-electron chi connectivity index (χ4n) is 3.88. The van der Waals surface area contributed by atoms with Gasteiger partial charge < -0.3 is 30.0 Å². The summed E-state index contributed by atoms with van der Waals surface area (Å²) >= 11 is 0. The molecule has 27 heavy (non-hydrogen) atoms. The Labute approximate surface area is 158 Å². The van der Waals surface area contributed by atoms with Gasteiger partial charge in [0.2, 0.25) is 12.2 Å². The second-order valence-electron chi connectivity index (χ2n) is 7.50. The fraction of sp³-hybridized carbons (Fsp3) is 0.833. The fourth-order valence-corrected chi connectivity index (χ4v) is 3.88. The van der Waals surface area contributed by atoms with Gasteiger partial charge in [-0.25, -0.2) is 4.79 Å². The number of esters is 1. The summed E-state index contributed by atoms with van der Waals surface area (Å²) in [4.78, 5) is 36.2. The van der Waals surface area contributed by atoms with Crippen LogP contribution in [0.25, 0.3) is 0 Å². The summed E-state index contributed by atoms with van der Waals surface area (Å²) in [5.74, 6) is -0.643. The first-order valence-corrected chi connectivity index (χ1v) is 9.74. The average molecular weight is 384 g/mol. The number of hydrogen-bond donors (Lipinski definition) is 3. The molecule has 0 bridgehead atoms. The number of hydrogen-bond acceptors (Lipinski definition) is 7. The van der Waals surface area contributed by atoms with Crippen molar-refractivity contribution in [1.29, 1.82) is 0 Å². The van der Waals surface area contributed by atoms with Crippen molar-refractivity contribution >= 4 is 18.0 Å². The maximum atomic E-state index is 12.7. The van der Waals surface area contributed by atoms with Gasteiger partial charge in [-0.2, -0.15) is 0 Å². The molecule has 0 aromatic rings. The summed E-state index contributed by atoms with van der Waals surface area (Å²) in [6, 6.07) is -1.58. The second kappa shape index (κ2) is 9.36. The first kappa shape index (κ1) is 19.9. The molecule has 152 valence electrons. The van der Waals surface area contributed by atoms with Gasteiger partial charge in [0.1, 0.15) is 18.2 Å². The van der Waals surface area contributed by atoms with Crippen LogP contribution in [0.3, 0.4) is 0 Å². The van der Waals surface area contributed by atoms with Crippen LogP contribution in [0.2, 0.25) is 0 Å². The normalized spacial score (nSPS) is 27.8. The Balaban J connectivity index is 1.56. The molecule has 0 aromatic carbocycles. The Hall–Kier alpha value is -1.87. The summed E-state index contributed by atoms with van der Waals surface area (Å²) < 4.78 is 15.3. The SMILES string of the molecule is O=C1C[C@H](NC(=O)[C@H](CC2CCCC2)NC(=O)OC2CCOCC2)C(O)O1. The number of ether oxygens (including phenoxy) is 3. The molecule has 9 heteroatoms. The van der Waals surface area contributed by atoms with E-state index < -0.39 is 36.3 Å². The molecule has 2 amide bonds. The Kier molecular flexibility index (Phi) is 6.89. The zero-order valence-corrected chi connectivity index (χ0v) is 15.4. The van der Waals surface area contributed by atoms with Crippen LogP contribution in [0.4, 0.5) is 4.79 Å². The summed E-state index contributed by atoms with van der Waals surface area (Å²) in [7, 11) is 0. The summed E-state index contributed by atoms with van der Waals surface area (Å²) in [6.07, 6.45) is 3.79. The molecule has 2 saturated heterocycles. The minimum Gasteiger partial charge on any atom is -0.446 e. The number of nitrogens with one attached hydrogen (secondary N) is 2. The lowest BCUT2D eigenvalue weighted by atomic mass is 9.97. The van der Waals surface area contributed by atoms with Gasteiger partial charge in [-0.3, -0.25) is 9.59 Å². The highest BCUT2D eigenvalue weighted by atomic mass is 16.6. The van der Waals surface area contributed by atoms with E-state index in [0.29, 0.717) is 38.4 Å². The third-order valence-corrected chi connectivity index (χ3v) is 5.41. The maximum absolute atomic E-state index is 12.7. The number of rotatable bonds is 6. The number of aliphatic hydroxyl groups is 1. The first-order chi connectivity index (χ1) is 13.0. The van der Waals surface area contributed by atoms with Crippen LogP contribution in [-0.4, -0.2) is 60.8 Å². The number of carbonyl (C=O) groups is 3. The standard InChI is InChI=1S/C18H28N2O7/c21-15-10-14(17(23)27-15)19-16(22)13(9-11-3-1-2-4-11)20-18(24)26-12-5-7-25-8-6-12/h11-14,17,23H,1-10H2,(H,19,22)(H,20,24)/t13-,14-,17?/m0/s1. The lowest BCUT2D eigenvalue weighted by molar-refractivity contribution is -0.155. The van der Waals surface area contributed by atoms with E-state index in [1.807, 2.05) is 0 Å². The number of alkyl carbamates (subject to hydrolysis) is 1. The van der Waals surface area contributed by atoms with Crippen LogP contribution in [0.5, 0.6) is 0 Å². The molecular formula is C18H28N2O7. The molecule has 0 spiro atoms. The first-order valence-electron chi connectivity index (χ1n) is 9.74. The zero-order chi connectivity index (χ0) is 19.2. The third kappa shape index (κ3) is 5.80. The Bertz CT molecular complexity index is 544. The molecular weight excluding hydrogens is 356 g/mol. The molecule has 3 N–H and O–H groups in total. The molecule has 2 heterocycles. The predicted molar refractivity (Wildman–Crippen MR) is 92.5 cm³/mol. The van der Waals surface area contributed by atoms with E-state index >= 15 is 0 Å². The number of aliphatic hydroxyl groups excluding tert-OH is 1. The highest BCUT2D eigenvalue weighted by molar-refractivity contribution is 5.86. The lowest BCUT2D eigenvalue weighted by Crippen LogP contribution is -2.52. The maximum Gasteiger partial charge on any atom is 0.408 e.